The van der Waals surface area contributed by atoms with Gasteiger partial charge in [0.15, 0.2) is 4.96 Å². The largest absolute Gasteiger partial charge is 0.380 e. The second-order valence-corrected chi connectivity index (χ2v) is 9.02. The maximum Gasteiger partial charge on any atom is 0.264 e. The molecule has 0 saturated carbocycles. The summed E-state index contributed by atoms with van der Waals surface area (Å²) in [6.07, 6.45) is 2.04. The van der Waals surface area contributed by atoms with Crippen molar-refractivity contribution in [2.24, 2.45) is 0 Å². The highest BCUT2D eigenvalue weighted by molar-refractivity contribution is 7.21. The number of aryl methyl sites for hydroxylation is 2. The SMILES string of the molecule is COCc1c(C(=O)N(C)Cc2c(C)nc3sc(C)cn23)sc2cccc(F)c12. The Morgan fingerprint density at radius 2 is 2.11 bits per heavy atom. The first-order valence-electron chi connectivity index (χ1n) is 8.79. The molecule has 0 atom stereocenters. The summed E-state index contributed by atoms with van der Waals surface area (Å²) >= 11 is 2.93. The number of hydrogen-bond donors (Lipinski definition) is 0. The number of carbonyl (C=O) groups excluding carboxylic acids is 1. The minimum Gasteiger partial charge on any atom is -0.380 e. The number of benzene rings is 1. The summed E-state index contributed by atoms with van der Waals surface area (Å²) in [5.41, 5.74) is 2.50. The molecule has 0 fully saturated rings. The van der Waals surface area contributed by atoms with Gasteiger partial charge >= 0.3 is 0 Å². The van der Waals surface area contributed by atoms with Crippen LogP contribution >= 0.6 is 22.7 Å². The molecule has 4 rings (SSSR count). The molecule has 0 bridgehead atoms. The lowest BCUT2D eigenvalue weighted by Gasteiger charge is -2.17. The molecule has 0 N–H and O–H groups in total. The molecular weight excluding hydrogens is 397 g/mol. The lowest BCUT2D eigenvalue weighted by molar-refractivity contribution is 0.0783. The average Bonchev–Trinajstić information content (AvgIpc) is 3.27. The molecule has 3 aromatic heterocycles. The smallest absolute Gasteiger partial charge is 0.264 e. The third-order valence-electron chi connectivity index (χ3n) is 4.72. The van der Waals surface area contributed by atoms with E-state index in [-0.39, 0.29) is 18.3 Å². The van der Waals surface area contributed by atoms with Crippen molar-refractivity contribution in [1.29, 1.82) is 0 Å². The highest BCUT2D eigenvalue weighted by Gasteiger charge is 2.24. The Kier molecular flexibility index (Phi) is 4.95. The minimum atomic E-state index is -0.329. The minimum absolute atomic E-state index is 0.144. The first-order valence-corrected chi connectivity index (χ1v) is 10.4. The van der Waals surface area contributed by atoms with Crippen molar-refractivity contribution in [1.82, 2.24) is 14.3 Å². The van der Waals surface area contributed by atoms with Gasteiger partial charge in [-0.05, 0) is 26.0 Å². The van der Waals surface area contributed by atoms with Gasteiger partial charge in [-0.2, -0.15) is 0 Å². The summed E-state index contributed by atoms with van der Waals surface area (Å²) in [4.78, 5) is 22.1. The van der Waals surface area contributed by atoms with Gasteiger partial charge in [0.1, 0.15) is 5.82 Å². The molecule has 0 aliphatic heterocycles. The molecule has 28 heavy (non-hydrogen) atoms. The summed E-state index contributed by atoms with van der Waals surface area (Å²) in [6.45, 7) is 4.60. The van der Waals surface area contributed by atoms with Crippen molar-refractivity contribution in [2.75, 3.05) is 14.2 Å². The molecule has 0 radical (unpaired) electrons. The highest BCUT2D eigenvalue weighted by Crippen LogP contribution is 2.34. The quantitative estimate of drug-likeness (QED) is 0.469. The number of ether oxygens (including phenoxy) is 1. The monoisotopic (exact) mass is 417 g/mol. The van der Waals surface area contributed by atoms with Crippen LogP contribution in [0.5, 0.6) is 0 Å². The van der Waals surface area contributed by atoms with Crippen LogP contribution in [0, 0.1) is 19.7 Å². The number of thiazole rings is 1. The van der Waals surface area contributed by atoms with Gasteiger partial charge in [-0.25, -0.2) is 9.37 Å². The second-order valence-electron chi connectivity index (χ2n) is 6.76. The fourth-order valence-corrected chi connectivity index (χ4v) is 5.50. The predicted octanol–water partition coefficient (Wildman–Crippen LogP) is 4.79. The average molecular weight is 418 g/mol. The van der Waals surface area contributed by atoms with Crippen LogP contribution in [-0.4, -0.2) is 34.3 Å². The van der Waals surface area contributed by atoms with Crippen LogP contribution in [0.4, 0.5) is 4.39 Å². The van der Waals surface area contributed by atoms with E-state index >= 15 is 0 Å². The Morgan fingerprint density at radius 3 is 2.86 bits per heavy atom. The van der Waals surface area contributed by atoms with E-state index in [1.807, 2.05) is 30.5 Å². The number of methoxy groups -OCH3 is 1. The van der Waals surface area contributed by atoms with Crippen molar-refractivity contribution >= 4 is 43.6 Å². The van der Waals surface area contributed by atoms with Gasteiger partial charge in [0.25, 0.3) is 5.91 Å². The summed E-state index contributed by atoms with van der Waals surface area (Å²) in [5.74, 6) is -0.474. The second kappa shape index (κ2) is 7.27. The molecule has 1 aromatic carbocycles. The molecule has 1 amide bonds. The molecule has 8 heteroatoms. The Balaban J connectivity index is 1.71. The Labute approximate surface area is 170 Å². The topological polar surface area (TPSA) is 46.8 Å². The van der Waals surface area contributed by atoms with E-state index in [1.54, 1.807) is 36.5 Å². The van der Waals surface area contributed by atoms with Crippen molar-refractivity contribution in [3.8, 4) is 0 Å². The van der Waals surface area contributed by atoms with E-state index < -0.39 is 0 Å². The lowest BCUT2D eigenvalue weighted by atomic mass is 10.1. The number of thiophene rings is 1. The third kappa shape index (κ3) is 3.11. The van der Waals surface area contributed by atoms with Crippen molar-refractivity contribution in [3.63, 3.8) is 0 Å². The van der Waals surface area contributed by atoms with Crippen LogP contribution < -0.4 is 0 Å². The summed E-state index contributed by atoms with van der Waals surface area (Å²) < 4.78 is 22.5. The molecule has 0 spiro atoms. The van der Waals surface area contributed by atoms with Crippen LogP contribution in [0.2, 0.25) is 0 Å². The van der Waals surface area contributed by atoms with Gasteiger partial charge < -0.3 is 9.64 Å². The van der Waals surface area contributed by atoms with Crippen LogP contribution in [-0.2, 0) is 17.9 Å². The van der Waals surface area contributed by atoms with E-state index in [0.717, 1.165) is 21.0 Å². The zero-order valence-electron chi connectivity index (χ0n) is 16.1. The number of rotatable bonds is 5. The number of halogens is 1. The fourth-order valence-electron chi connectivity index (χ4n) is 3.39. The molecule has 0 aliphatic rings. The molecule has 0 saturated heterocycles. The number of fused-ring (bicyclic) bond motifs is 2. The number of imidazole rings is 1. The van der Waals surface area contributed by atoms with Crippen LogP contribution in [0.15, 0.2) is 24.4 Å². The van der Waals surface area contributed by atoms with E-state index in [1.165, 1.54) is 22.3 Å². The van der Waals surface area contributed by atoms with Gasteiger partial charge in [0.05, 0.1) is 29.4 Å². The van der Waals surface area contributed by atoms with Gasteiger partial charge in [-0.3, -0.25) is 9.20 Å². The molecule has 4 aromatic rings. The predicted molar refractivity (Wildman–Crippen MR) is 111 cm³/mol. The lowest BCUT2D eigenvalue weighted by Crippen LogP contribution is -2.27. The van der Waals surface area contributed by atoms with Crippen molar-refractivity contribution < 1.29 is 13.9 Å². The highest BCUT2D eigenvalue weighted by atomic mass is 32.1. The summed E-state index contributed by atoms with van der Waals surface area (Å²) in [5, 5.41) is 0.475. The molecule has 0 unspecified atom stereocenters. The fraction of sp³-hybridized carbons (Fsp3) is 0.300. The Hall–Kier alpha value is -2.29. The maximum absolute atomic E-state index is 14.4. The number of aromatic nitrogens is 2. The Morgan fingerprint density at radius 1 is 1.32 bits per heavy atom. The van der Waals surface area contributed by atoms with E-state index in [0.29, 0.717) is 22.4 Å². The molecule has 5 nitrogen and oxygen atoms in total. The maximum atomic E-state index is 14.4. The molecule has 0 aliphatic carbocycles. The summed E-state index contributed by atoms with van der Waals surface area (Å²) in [7, 11) is 3.31. The standard InChI is InChI=1S/C20H20FN3O2S2/c1-11-8-24-15(12(2)22-20(24)27-11)9-23(3)19(25)18-13(10-26-4)17-14(21)6-5-7-16(17)28-18/h5-8H,9-10H2,1-4H3. The normalized spacial score (nSPS) is 11.6. The van der Waals surface area contributed by atoms with E-state index in [2.05, 4.69) is 4.98 Å². The number of hydrogen-bond acceptors (Lipinski definition) is 5. The zero-order chi connectivity index (χ0) is 20.0. The van der Waals surface area contributed by atoms with Crippen molar-refractivity contribution in [2.45, 2.75) is 27.0 Å². The van der Waals surface area contributed by atoms with Gasteiger partial charge in [0, 0.05) is 40.9 Å². The molecular formula is C20H20FN3O2S2. The Bertz CT molecular complexity index is 1190. The van der Waals surface area contributed by atoms with Crippen LogP contribution in [0.3, 0.4) is 0 Å². The third-order valence-corrected chi connectivity index (χ3v) is 6.80. The van der Waals surface area contributed by atoms with Gasteiger partial charge in [-0.15, -0.1) is 22.7 Å². The summed E-state index contributed by atoms with van der Waals surface area (Å²) in [6, 6.07) is 4.91. The number of carbonyl (C=O) groups is 1. The zero-order valence-corrected chi connectivity index (χ0v) is 17.7. The van der Waals surface area contributed by atoms with Crippen molar-refractivity contribution in [3.05, 3.63) is 56.9 Å². The number of nitrogens with zero attached hydrogens (tertiary/aromatic N) is 3. The van der Waals surface area contributed by atoms with Gasteiger partial charge in [0.2, 0.25) is 0 Å². The van der Waals surface area contributed by atoms with Crippen LogP contribution in [0.25, 0.3) is 15.0 Å². The van der Waals surface area contributed by atoms with Crippen LogP contribution in [0.1, 0.15) is 31.5 Å². The first kappa shape index (κ1) is 19.0. The first-order chi connectivity index (χ1) is 13.4. The number of amides is 1. The van der Waals surface area contributed by atoms with E-state index in [9.17, 15) is 9.18 Å². The molecule has 146 valence electrons. The van der Waals surface area contributed by atoms with Gasteiger partial charge in [-0.1, -0.05) is 6.07 Å². The molecule has 3 heterocycles. The van der Waals surface area contributed by atoms with E-state index in [4.69, 9.17) is 4.74 Å².